The number of hydrogen-bond acceptors (Lipinski definition) is 7. The smallest absolute Gasteiger partial charge is 0.367 e. The lowest BCUT2D eigenvalue weighted by molar-refractivity contribution is -0.137. The van der Waals surface area contributed by atoms with Crippen molar-refractivity contribution in [2.24, 2.45) is 7.05 Å². The summed E-state index contributed by atoms with van der Waals surface area (Å²) in [5.74, 6) is 0.479. The van der Waals surface area contributed by atoms with E-state index in [1.165, 1.54) is 22.2 Å². The molecule has 1 saturated carbocycles. The molecule has 168 valence electrons. The van der Waals surface area contributed by atoms with Gasteiger partial charge < -0.3 is 9.88 Å². The number of imidazole rings is 1. The van der Waals surface area contributed by atoms with Crippen molar-refractivity contribution < 1.29 is 21.6 Å². The van der Waals surface area contributed by atoms with Crippen LogP contribution >= 0.6 is 0 Å². The number of aromatic nitrogens is 6. The van der Waals surface area contributed by atoms with Crippen LogP contribution in [0, 0.1) is 0 Å². The van der Waals surface area contributed by atoms with E-state index in [0.717, 1.165) is 25.1 Å². The van der Waals surface area contributed by atoms with Crippen LogP contribution in [0.2, 0.25) is 0 Å². The fourth-order valence-corrected chi connectivity index (χ4v) is 4.45. The predicted molar refractivity (Wildman–Crippen MR) is 110 cm³/mol. The molecule has 0 unspecified atom stereocenters. The van der Waals surface area contributed by atoms with E-state index < -0.39 is 21.6 Å². The molecule has 32 heavy (non-hydrogen) atoms. The van der Waals surface area contributed by atoms with Gasteiger partial charge in [-0.1, -0.05) is 6.92 Å². The van der Waals surface area contributed by atoms with Gasteiger partial charge in [0.2, 0.25) is 0 Å². The van der Waals surface area contributed by atoms with Crippen LogP contribution in [0.15, 0.2) is 29.6 Å². The van der Waals surface area contributed by atoms with Crippen molar-refractivity contribution in [3.05, 3.63) is 30.1 Å². The Morgan fingerprint density at radius 2 is 1.97 bits per heavy atom. The molecule has 1 aliphatic rings. The second kappa shape index (κ2) is 6.89. The topological polar surface area (TPSA) is 107 Å². The average molecular weight is 465 g/mol. The third-order valence-corrected chi connectivity index (χ3v) is 6.99. The molecule has 4 aromatic heterocycles. The van der Waals surface area contributed by atoms with E-state index in [9.17, 15) is 21.6 Å². The van der Waals surface area contributed by atoms with E-state index in [-0.39, 0.29) is 45.0 Å². The van der Waals surface area contributed by atoms with Crippen LogP contribution in [0.25, 0.3) is 28.2 Å². The van der Waals surface area contributed by atoms with Crippen LogP contribution in [-0.2, 0) is 23.1 Å². The summed E-state index contributed by atoms with van der Waals surface area (Å²) in [5.41, 5.74) is -0.411. The second-order valence-corrected chi connectivity index (χ2v) is 9.82. The monoisotopic (exact) mass is 465 g/mol. The molecule has 4 aromatic rings. The van der Waals surface area contributed by atoms with Crippen LogP contribution in [0.5, 0.6) is 0 Å². The summed E-state index contributed by atoms with van der Waals surface area (Å²) >= 11 is 0. The van der Waals surface area contributed by atoms with Crippen molar-refractivity contribution in [1.82, 2.24) is 29.1 Å². The van der Waals surface area contributed by atoms with Crippen LogP contribution in [0.3, 0.4) is 0 Å². The summed E-state index contributed by atoms with van der Waals surface area (Å²) in [6, 6.07) is 2.86. The zero-order valence-electron chi connectivity index (χ0n) is 17.0. The maximum Gasteiger partial charge on any atom is 0.417 e. The molecule has 4 heterocycles. The Morgan fingerprint density at radius 1 is 1.22 bits per heavy atom. The summed E-state index contributed by atoms with van der Waals surface area (Å²) in [6.07, 6.45) is -0.337. The van der Waals surface area contributed by atoms with Gasteiger partial charge >= 0.3 is 6.18 Å². The minimum Gasteiger partial charge on any atom is -0.367 e. The number of nitrogens with zero attached hydrogens (tertiary/aromatic N) is 6. The summed E-state index contributed by atoms with van der Waals surface area (Å²) in [5, 5.41) is 7.39. The SMILES string of the molecule is CCS(=O)(=O)c1nn2c(NC3CC3)ccnc2c1-c1nc2cc(C(F)(F)F)cnc2n1C. The first-order valence-electron chi connectivity index (χ1n) is 9.87. The molecule has 0 aliphatic heterocycles. The Bertz CT molecular complexity index is 1470. The van der Waals surface area contributed by atoms with Crippen LogP contribution in [0.1, 0.15) is 25.3 Å². The molecule has 1 N–H and O–H groups in total. The lowest BCUT2D eigenvalue weighted by Crippen LogP contribution is -2.09. The molecule has 1 fully saturated rings. The number of halogens is 3. The standard InChI is InChI=1S/C19H18F3N7O2S/c1-3-32(30,31)18-14(16-23-7-6-13(29(16)27-18)25-11-4-5-11)17-26-12-8-10(19(20,21)22)9-24-15(12)28(17)2/h6-9,11,25H,3-5H2,1-2H3. The van der Waals surface area contributed by atoms with Crippen LogP contribution in [0.4, 0.5) is 19.0 Å². The highest BCUT2D eigenvalue weighted by Crippen LogP contribution is 2.35. The van der Waals surface area contributed by atoms with Crippen LogP contribution < -0.4 is 5.32 Å². The lowest BCUT2D eigenvalue weighted by atomic mass is 10.2. The van der Waals surface area contributed by atoms with E-state index in [1.807, 2.05) is 0 Å². The van der Waals surface area contributed by atoms with Gasteiger partial charge in [0, 0.05) is 25.5 Å². The van der Waals surface area contributed by atoms with E-state index in [4.69, 9.17) is 0 Å². The van der Waals surface area contributed by atoms with Crippen molar-refractivity contribution in [3.63, 3.8) is 0 Å². The second-order valence-electron chi connectivity index (χ2n) is 7.63. The van der Waals surface area contributed by atoms with Gasteiger partial charge in [0.1, 0.15) is 22.7 Å². The highest BCUT2D eigenvalue weighted by atomic mass is 32.2. The number of nitrogens with one attached hydrogen (secondary N) is 1. The Balaban J connectivity index is 1.80. The molecule has 0 saturated heterocycles. The highest BCUT2D eigenvalue weighted by molar-refractivity contribution is 7.91. The van der Waals surface area contributed by atoms with Crippen molar-refractivity contribution >= 4 is 32.5 Å². The van der Waals surface area contributed by atoms with Crippen molar-refractivity contribution in [2.45, 2.75) is 37.0 Å². The zero-order valence-corrected chi connectivity index (χ0v) is 17.9. The maximum absolute atomic E-state index is 13.1. The van der Waals surface area contributed by atoms with Gasteiger partial charge in [-0.25, -0.2) is 23.4 Å². The van der Waals surface area contributed by atoms with Crippen LogP contribution in [-0.4, -0.2) is 49.3 Å². The molecule has 0 aromatic carbocycles. The maximum atomic E-state index is 13.1. The summed E-state index contributed by atoms with van der Waals surface area (Å²) in [4.78, 5) is 12.5. The summed E-state index contributed by atoms with van der Waals surface area (Å²) in [6.45, 7) is 1.49. The predicted octanol–water partition coefficient (Wildman–Crippen LogP) is 3.06. The van der Waals surface area contributed by atoms with E-state index >= 15 is 0 Å². The molecule has 0 bridgehead atoms. The molecule has 5 rings (SSSR count). The normalized spacial score (nSPS) is 15.0. The minimum atomic E-state index is -4.58. The minimum absolute atomic E-state index is 0.0104. The van der Waals surface area contributed by atoms with E-state index in [0.29, 0.717) is 5.82 Å². The van der Waals surface area contributed by atoms with Gasteiger partial charge in [-0.2, -0.15) is 22.8 Å². The molecule has 0 spiro atoms. The number of aryl methyl sites for hydroxylation is 1. The van der Waals surface area contributed by atoms with Gasteiger partial charge in [0.25, 0.3) is 0 Å². The van der Waals surface area contributed by atoms with Gasteiger partial charge in [0.05, 0.1) is 11.3 Å². The largest absolute Gasteiger partial charge is 0.417 e. The molecular formula is C19H18F3N7O2S. The quantitative estimate of drug-likeness (QED) is 0.483. The number of alkyl halides is 3. The van der Waals surface area contributed by atoms with Gasteiger partial charge in [-0.05, 0) is 25.0 Å². The number of sulfone groups is 1. The average Bonchev–Trinajstić information content (AvgIpc) is 3.38. The number of rotatable bonds is 5. The number of pyridine rings is 1. The fraction of sp³-hybridized carbons (Fsp3) is 0.368. The molecule has 13 heteroatoms. The van der Waals surface area contributed by atoms with Crippen molar-refractivity contribution in [3.8, 4) is 11.4 Å². The number of fused-ring (bicyclic) bond motifs is 2. The third kappa shape index (κ3) is 3.27. The molecule has 0 amide bonds. The van der Waals surface area contributed by atoms with E-state index in [1.54, 1.807) is 13.1 Å². The van der Waals surface area contributed by atoms with Gasteiger partial charge in [0.15, 0.2) is 26.2 Å². The Kier molecular flexibility index (Phi) is 4.45. The Labute approximate surface area is 180 Å². The zero-order chi connectivity index (χ0) is 22.8. The van der Waals surface area contributed by atoms with Crippen molar-refractivity contribution in [1.29, 1.82) is 0 Å². The summed E-state index contributed by atoms with van der Waals surface area (Å²) in [7, 11) is -2.25. The molecular weight excluding hydrogens is 447 g/mol. The molecule has 9 nitrogen and oxygen atoms in total. The van der Waals surface area contributed by atoms with Crippen molar-refractivity contribution in [2.75, 3.05) is 11.1 Å². The van der Waals surface area contributed by atoms with Gasteiger partial charge in [-0.15, -0.1) is 0 Å². The fourth-order valence-electron chi connectivity index (χ4n) is 3.48. The first-order chi connectivity index (χ1) is 15.1. The Hall–Kier alpha value is -3.22. The molecule has 1 aliphatic carbocycles. The highest BCUT2D eigenvalue weighted by Gasteiger charge is 2.33. The van der Waals surface area contributed by atoms with E-state index in [2.05, 4.69) is 25.4 Å². The first-order valence-corrected chi connectivity index (χ1v) is 11.5. The number of anilines is 1. The first kappa shape index (κ1) is 20.7. The van der Waals surface area contributed by atoms with Gasteiger partial charge in [-0.3, -0.25) is 0 Å². The third-order valence-electron chi connectivity index (χ3n) is 5.35. The summed E-state index contributed by atoms with van der Waals surface area (Å²) < 4.78 is 68.1. The molecule has 0 radical (unpaired) electrons. The number of hydrogen-bond donors (Lipinski definition) is 1. The lowest BCUT2D eigenvalue weighted by Gasteiger charge is -2.06. The Morgan fingerprint density at radius 3 is 2.62 bits per heavy atom. The molecule has 0 atom stereocenters.